The van der Waals surface area contributed by atoms with Crippen LogP contribution in [0.1, 0.15) is 11.1 Å². The Balaban J connectivity index is 1.85. The lowest BCUT2D eigenvalue weighted by Crippen LogP contribution is -1.92. The van der Waals surface area contributed by atoms with E-state index in [1.807, 2.05) is 36.4 Å². The third-order valence-electron chi connectivity index (χ3n) is 3.25. The lowest BCUT2D eigenvalue weighted by Gasteiger charge is -2.07. The molecule has 0 spiro atoms. The second-order valence-corrected chi connectivity index (χ2v) is 6.69. The fourth-order valence-corrected chi connectivity index (χ4v) is 3.24. The van der Waals surface area contributed by atoms with E-state index >= 15 is 0 Å². The molecule has 0 unspecified atom stereocenters. The van der Waals surface area contributed by atoms with Gasteiger partial charge in [0.15, 0.2) is 0 Å². The molecule has 0 saturated carbocycles. The maximum absolute atomic E-state index is 9.29. The Labute approximate surface area is 147 Å². The second-order valence-electron chi connectivity index (χ2n) is 4.81. The maximum Gasteiger partial charge on any atom is 0.115 e. The highest BCUT2D eigenvalue weighted by atomic mass is 79.9. The molecule has 23 heavy (non-hydrogen) atoms. The molecule has 0 aliphatic rings. The minimum absolute atomic E-state index is 0.602. The third-order valence-corrected chi connectivity index (χ3v) is 4.84. The molecule has 5 heteroatoms. The van der Waals surface area contributed by atoms with E-state index in [0.717, 1.165) is 26.5 Å². The minimum Gasteiger partial charge on any atom is -0.265 e. The number of hydrogen-bond donors (Lipinski definition) is 0. The van der Waals surface area contributed by atoms with Crippen LogP contribution in [-0.2, 0) is 5.75 Å². The van der Waals surface area contributed by atoms with E-state index in [1.54, 1.807) is 24.2 Å². The largest absolute Gasteiger partial charge is 0.265 e. The lowest BCUT2D eigenvalue weighted by molar-refractivity contribution is 1.11. The van der Waals surface area contributed by atoms with Crippen LogP contribution < -0.4 is 0 Å². The average Bonchev–Trinajstić information content (AvgIpc) is 2.62. The number of hydrogen-bond acceptors (Lipinski definition) is 4. The van der Waals surface area contributed by atoms with Crippen LogP contribution in [0.4, 0.5) is 0 Å². The van der Waals surface area contributed by atoms with E-state index in [9.17, 15) is 5.26 Å². The quantitative estimate of drug-likeness (QED) is 0.591. The SMILES string of the molecule is N#Cc1ccc(-c2ccncc2)nc1SCc1ccc(Br)cc1. The second kappa shape index (κ2) is 7.40. The highest BCUT2D eigenvalue weighted by Gasteiger charge is 2.08. The van der Waals surface area contributed by atoms with E-state index in [-0.39, 0.29) is 0 Å². The van der Waals surface area contributed by atoms with Crippen LogP contribution in [0.3, 0.4) is 0 Å². The van der Waals surface area contributed by atoms with Crippen molar-refractivity contribution >= 4 is 27.7 Å². The molecule has 1 aromatic carbocycles. The summed E-state index contributed by atoms with van der Waals surface area (Å²) in [5.41, 5.74) is 3.64. The van der Waals surface area contributed by atoms with Gasteiger partial charge in [-0.2, -0.15) is 5.26 Å². The Morgan fingerprint density at radius 3 is 2.43 bits per heavy atom. The molecule has 3 aromatic rings. The van der Waals surface area contributed by atoms with Crippen molar-refractivity contribution in [3.05, 3.63) is 76.5 Å². The van der Waals surface area contributed by atoms with Crippen molar-refractivity contribution in [2.45, 2.75) is 10.8 Å². The topological polar surface area (TPSA) is 49.6 Å². The molecule has 0 saturated heterocycles. The Bertz CT molecular complexity index is 842. The van der Waals surface area contributed by atoms with Gasteiger partial charge in [0.25, 0.3) is 0 Å². The molecular weight excluding hydrogens is 370 g/mol. The predicted octanol–water partition coefficient (Wildman–Crippen LogP) is 5.07. The van der Waals surface area contributed by atoms with E-state index < -0.39 is 0 Å². The molecular formula is C18H12BrN3S. The molecule has 2 heterocycles. The van der Waals surface area contributed by atoms with Gasteiger partial charge < -0.3 is 0 Å². The van der Waals surface area contributed by atoms with Crippen LogP contribution in [0.15, 0.2) is 70.4 Å². The Morgan fingerprint density at radius 2 is 1.74 bits per heavy atom. The molecule has 0 radical (unpaired) electrons. The van der Waals surface area contributed by atoms with Crippen molar-refractivity contribution in [2.24, 2.45) is 0 Å². The summed E-state index contributed by atoms with van der Waals surface area (Å²) in [6.07, 6.45) is 3.48. The summed E-state index contributed by atoms with van der Waals surface area (Å²) >= 11 is 5.01. The van der Waals surface area contributed by atoms with Crippen LogP contribution in [0.5, 0.6) is 0 Å². The van der Waals surface area contributed by atoms with Crippen molar-refractivity contribution < 1.29 is 0 Å². The smallest absolute Gasteiger partial charge is 0.115 e. The summed E-state index contributed by atoms with van der Waals surface area (Å²) < 4.78 is 1.06. The van der Waals surface area contributed by atoms with Gasteiger partial charge in [-0.1, -0.05) is 28.1 Å². The highest BCUT2D eigenvalue weighted by molar-refractivity contribution is 9.10. The molecule has 0 aliphatic heterocycles. The van der Waals surface area contributed by atoms with Gasteiger partial charge in [-0.3, -0.25) is 4.98 Å². The number of nitriles is 1. The van der Waals surface area contributed by atoms with Crippen LogP contribution in [0, 0.1) is 11.3 Å². The summed E-state index contributed by atoms with van der Waals surface area (Å²) in [4.78, 5) is 8.67. The van der Waals surface area contributed by atoms with E-state index in [0.29, 0.717) is 5.56 Å². The summed E-state index contributed by atoms with van der Waals surface area (Å²) in [7, 11) is 0. The highest BCUT2D eigenvalue weighted by Crippen LogP contribution is 2.27. The number of rotatable bonds is 4. The van der Waals surface area contributed by atoms with Crippen LogP contribution in [-0.4, -0.2) is 9.97 Å². The fourth-order valence-electron chi connectivity index (χ4n) is 2.05. The zero-order valence-corrected chi connectivity index (χ0v) is 14.5. The molecule has 0 fully saturated rings. The van der Waals surface area contributed by atoms with Crippen molar-refractivity contribution in [3.63, 3.8) is 0 Å². The molecule has 0 N–H and O–H groups in total. The van der Waals surface area contributed by atoms with Crippen LogP contribution in [0.2, 0.25) is 0 Å². The predicted molar refractivity (Wildman–Crippen MR) is 95.9 cm³/mol. The molecule has 112 valence electrons. The lowest BCUT2D eigenvalue weighted by atomic mass is 10.1. The number of halogens is 1. The van der Waals surface area contributed by atoms with Gasteiger partial charge in [0.05, 0.1) is 11.3 Å². The first-order chi connectivity index (χ1) is 11.3. The molecule has 3 nitrogen and oxygen atoms in total. The van der Waals surface area contributed by atoms with Gasteiger partial charge in [0.2, 0.25) is 0 Å². The van der Waals surface area contributed by atoms with Crippen molar-refractivity contribution in [1.82, 2.24) is 9.97 Å². The molecule has 3 rings (SSSR count). The van der Waals surface area contributed by atoms with Gasteiger partial charge in [0.1, 0.15) is 11.1 Å². The standard InChI is InChI=1S/C18H12BrN3S/c19-16-4-1-13(2-5-16)12-23-18-15(11-20)3-6-17(22-18)14-7-9-21-10-8-14/h1-10H,12H2. The first kappa shape index (κ1) is 15.7. The van der Waals surface area contributed by atoms with Crippen molar-refractivity contribution in [2.75, 3.05) is 0 Å². The van der Waals surface area contributed by atoms with Gasteiger partial charge in [-0.25, -0.2) is 4.98 Å². The number of thioether (sulfide) groups is 1. The molecule has 0 bridgehead atoms. The van der Waals surface area contributed by atoms with E-state index in [1.165, 1.54) is 5.56 Å². The summed E-state index contributed by atoms with van der Waals surface area (Å²) in [6, 6.07) is 17.9. The minimum atomic E-state index is 0.602. The molecule has 2 aromatic heterocycles. The Kier molecular flexibility index (Phi) is 5.06. The van der Waals surface area contributed by atoms with E-state index in [2.05, 4.69) is 44.1 Å². The van der Waals surface area contributed by atoms with Gasteiger partial charge in [0, 0.05) is 28.2 Å². The maximum atomic E-state index is 9.29. The summed E-state index contributed by atoms with van der Waals surface area (Å²) in [5.74, 6) is 0.773. The van der Waals surface area contributed by atoms with Crippen molar-refractivity contribution in [3.8, 4) is 17.3 Å². The zero-order valence-electron chi connectivity index (χ0n) is 12.1. The average molecular weight is 382 g/mol. The van der Waals surface area contributed by atoms with Crippen LogP contribution in [0.25, 0.3) is 11.3 Å². The first-order valence-electron chi connectivity index (χ1n) is 6.95. The van der Waals surface area contributed by atoms with Gasteiger partial charge in [-0.05, 0) is 42.0 Å². The third kappa shape index (κ3) is 3.98. The molecule has 0 amide bonds. The van der Waals surface area contributed by atoms with Crippen molar-refractivity contribution in [1.29, 1.82) is 5.26 Å². The Hall–Kier alpha value is -2.16. The monoisotopic (exact) mass is 381 g/mol. The number of pyridine rings is 2. The summed E-state index contributed by atoms with van der Waals surface area (Å²) in [6.45, 7) is 0. The number of aromatic nitrogens is 2. The van der Waals surface area contributed by atoms with Crippen LogP contribution >= 0.6 is 27.7 Å². The Morgan fingerprint density at radius 1 is 1.00 bits per heavy atom. The zero-order chi connectivity index (χ0) is 16.1. The van der Waals surface area contributed by atoms with E-state index in [4.69, 9.17) is 0 Å². The fraction of sp³-hybridized carbons (Fsp3) is 0.0556. The van der Waals surface area contributed by atoms with Gasteiger partial charge in [-0.15, -0.1) is 11.8 Å². The molecule has 0 atom stereocenters. The normalized spacial score (nSPS) is 10.3. The van der Waals surface area contributed by atoms with Gasteiger partial charge >= 0.3 is 0 Å². The summed E-state index contributed by atoms with van der Waals surface area (Å²) in [5, 5.41) is 10.0. The first-order valence-corrected chi connectivity index (χ1v) is 8.73. The number of nitrogens with zero attached hydrogens (tertiary/aromatic N) is 3. The molecule has 0 aliphatic carbocycles. The number of benzene rings is 1.